The predicted octanol–water partition coefficient (Wildman–Crippen LogP) is 3.16. The fraction of sp³-hybridized carbons (Fsp3) is 0.632. The van der Waals surface area contributed by atoms with E-state index in [0.717, 1.165) is 55.6 Å². The summed E-state index contributed by atoms with van der Waals surface area (Å²) in [4.78, 5) is 28.4. The van der Waals surface area contributed by atoms with E-state index in [1.165, 1.54) is 10.9 Å². The van der Waals surface area contributed by atoms with Gasteiger partial charge in [-0.25, -0.2) is 4.98 Å². The molecule has 0 aromatic carbocycles. The molecule has 0 aliphatic carbocycles. The number of carbonyl (C=O) groups is 1. The Hall–Kier alpha value is -1.89. The van der Waals surface area contributed by atoms with Crippen LogP contribution in [0.5, 0.6) is 0 Å². The van der Waals surface area contributed by atoms with Gasteiger partial charge in [0.2, 0.25) is 12.4 Å². The van der Waals surface area contributed by atoms with Crippen molar-refractivity contribution < 1.29 is 4.79 Å². The lowest BCUT2D eigenvalue weighted by atomic mass is 10.1. The zero-order chi connectivity index (χ0) is 18.8. The van der Waals surface area contributed by atoms with Crippen molar-refractivity contribution in [3.05, 3.63) is 10.9 Å². The van der Waals surface area contributed by atoms with Crippen LogP contribution in [0.1, 0.15) is 40.2 Å². The van der Waals surface area contributed by atoms with Crippen molar-refractivity contribution in [2.45, 2.75) is 53.1 Å². The first kappa shape index (κ1) is 18.9. The first-order valence-corrected chi connectivity index (χ1v) is 10.3. The van der Waals surface area contributed by atoms with Crippen molar-refractivity contribution in [1.82, 2.24) is 14.9 Å². The second-order valence-electron chi connectivity index (χ2n) is 7.37. The second kappa shape index (κ2) is 7.78. The van der Waals surface area contributed by atoms with Crippen LogP contribution in [0.15, 0.2) is 5.38 Å². The average Bonchev–Trinajstić information content (AvgIpc) is 3.04. The number of fused-ring (bicyclic) bond motifs is 1. The molecule has 1 amide bonds. The van der Waals surface area contributed by atoms with Crippen LogP contribution in [0, 0.1) is 0 Å². The highest BCUT2D eigenvalue weighted by atomic mass is 32.1. The molecule has 2 aromatic heterocycles. The zero-order valence-corrected chi connectivity index (χ0v) is 17.2. The summed E-state index contributed by atoms with van der Waals surface area (Å²) in [6.07, 6.45) is 1.91. The molecule has 0 bridgehead atoms. The maximum atomic E-state index is 11.0. The fourth-order valence-corrected chi connectivity index (χ4v) is 4.68. The Morgan fingerprint density at radius 2 is 1.81 bits per heavy atom. The van der Waals surface area contributed by atoms with Gasteiger partial charge >= 0.3 is 0 Å². The number of thiophene rings is 1. The summed E-state index contributed by atoms with van der Waals surface area (Å²) < 4.78 is 0. The maximum absolute atomic E-state index is 11.0. The van der Waals surface area contributed by atoms with E-state index >= 15 is 0 Å². The number of aryl methyl sites for hydroxylation is 1. The van der Waals surface area contributed by atoms with Gasteiger partial charge in [-0.3, -0.25) is 4.79 Å². The lowest BCUT2D eigenvalue weighted by molar-refractivity contribution is -0.118. The Labute approximate surface area is 159 Å². The van der Waals surface area contributed by atoms with E-state index in [1.807, 2.05) is 4.90 Å². The van der Waals surface area contributed by atoms with E-state index < -0.39 is 0 Å². The van der Waals surface area contributed by atoms with Crippen molar-refractivity contribution in [2.24, 2.45) is 0 Å². The fourth-order valence-electron chi connectivity index (χ4n) is 3.67. The zero-order valence-electron chi connectivity index (χ0n) is 16.4. The van der Waals surface area contributed by atoms with E-state index in [-0.39, 0.29) is 0 Å². The normalized spacial score (nSPS) is 15.3. The van der Waals surface area contributed by atoms with Gasteiger partial charge < -0.3 is 14.7 Å². The minimum Gasteiger partial charge on any atom is -0.351 e. The maximum Gasteiger partial charge on any atom is 0.228 e. The number of amides is 1. The molecular formula is C19H29N5OS. The molecule has 1 aliphatic rings. The quantitative estimate of drug-likeness (QED) is 0.726. The van der Waals surface area contributed by atoms with Crippen molar-refractivity contribution in [3.8, 4) is 0 Å². The van der Waals surface area contributed by atoms with E-state index in [9.17, 15) is 4.79 Å². The van der Waals surface area contributed by atoms with Gasteiger partial charge in [-0.1, -0.05) is 6.92 Å². The summed E-state index contributed by atoms with van der Waals surface area (Å²) in [5, 5.41) is 3.42. The highest BCUT2D eigenvalue weighted by molar-refractivity contribution is 7.17. The number of piperazine rings is 1. The number of hydrogen-bond acceptors (Lipinski definition) is 6. The lowest BCUT2D eigenvalue weighted by Crippen LogP contribution is -2.46. The average molecular weight is 376 g/mol. The third-order valence-corrected chi connectivity index (χ3v) is 5.88. The molecule has 7 heteroatoms. The Balaban J connectivity index is 2.08. The molecule has 0 unspecified atom stereocenters. The smallest absolute Gasteiger partial charge is 0.228 e. The van der Waals surface area contributed by atoms with E-state index in [4.69, 9.17) is 9.97 Å². The predicted molar refractivity (Wildman–Crippen MR) is 109 cm³/mol. The van der Waals surface area contributed by atoms with Gasteiger partial charge in [-0.15, -0.1) is 11.3 Å². The topological polar surface area (TPSA) is 52.6 Å². The summed E-state index contributed by atoms with van der Waals surface area (Å²) in [7, 11) is 0. The minimum absolute atomic E-state index is 0.359. The molecule has 0 spiro atoms. The lowest BCUT2D eigenvalue weighted by Gasteiger charge is -2.35. The van der Waals surface area contributed by atoms with Crippen LogP contribution in [0.4, 0.5) is 11.8 Å². The molecule has 0 N–H and O–H groups in total. The van der Waals surface area contributed by atoms with Crippen LogP contribution in [-0.4, -0.2) is 59.5 Å². The number of nitrogens with zero attached hydrogens (tertiary/aromatic N) is 5. The van der Waals surface area contributed by atoms with Crippen molar-refractivity contribution in [1.29, 1.82) is 0 Å². The summed E-state index contributed by atoms with van der Waals surface area (Å²) in [6.45, 7) is 14.1. The molecule has 2 aromatic rings. The molecule has 6 nitrogen and oxygen atoms in total. The molecule has 0 saturated carbocycles. The number of hydrogen-bond donors (Lipinski definition) is 0. The number of carbonyl (C=O) groups excluding carboxylic acids is 1. The summed E-state index contributed by atoms with van der Waals surface area (Å²) in [6, 6.07) is 0.718. The summed E-state index contributed by atoms with van der Waals surface area (Å²) >= 11 is 1.71. The standard InChI is InChI=1S/C19H29N5OS/c1-6-15-11-26-18-16(15)17(24(13(2)3)14(4)5)20-19(21-18)23-9-7-22(12-25)8-10-23/h11-14H,6-10H2,1-5H3. The third-order valence-electron chi connectivity index (χ3n) is 4.96. The van der Waals surface area contributed by atoms with E-state index in [2.05, 4.69) is 49.8 Å². The number of aromatic nitrogens is 2. The van der Waals surface area contributed by atoms with Crippen molar-refractivity contribution in [2.75, 3.05) is 36.0 Å². The highest BCUT2D eigenvalue weighted by Gasteiger charge is 2.25. The van der Waals surface area contributed by atoms with E-state index in [1.54, 1.807) is 11.3 Å². The first-order valence-electron chi connectivity index (χ1n) is 9.47. The second-order valence-corrected chi connectivity index (χ2v) is 8.22. The van der Waals surface area contributed by atoms with Gasteiger partial charge in [0, 0.05) is 38.3 Å². The summed E-state index contributed by atoms with van der Waals surface area (Å²) in [5.74, 6) is 1.83. The monoisotopic (exact) mass is 375 g/mol. The molecule has 1 saturated heterocycles. The SMILES string of the molecule is CCc1csc2nc(N3CCN(C=O)CC3)nc(N(C(C)C)C(C)C)c12. The molecular weight excluding hydrogens is 346 g/mol. The first-order chi connectivity index (χ1) is 12.5. The van der Waals surface area contributed by atoms with Gasteiger partial charge in [-0.05, 0) is 45.1 Å². The van der Waals surface area contributed by atoms with Crippen LogP contribution < -0.4 is 9.80 Å². The van der Waals surface area contributed by atoms with Crippen LogP contribution in [0.3, 0.4) is 0 Å². The Morgan fingerprint density at radius 1 is 1.15 bits per heavy atom. The largest absolute Gasteiger partial charge is 0.351 e. The third kappa shape index (κ3) is 3.49. The van der Waals surface area contributed by atoms with Gasteiger partial charge in [0.25, 0.3) is 0 Å². The highest BCUT2D eigenvalue weighted by Crippen LogP contribution is 2.36. The van der Waals surface area contributed by atoms with Gasteiger partial charge in [0.15, 0.2) is 0 Å². The molecule has 26 heavy (non-hydrogen) atoms. The van der Waals surface area contributed by atoms with Crippen molar-refractivity contribution in [3.63, 3.8) is 0 Å². The Kier molecular flexibility index (Phi) is 5.65. The van der Waals surface area contributed by atoms with Crippen LogP contribution in [0.2, 0.25) is 0 Å². The van der Waals surface area contributed by atoms with Crippen LogP contribution in [-0.2, 0) is 11.2 Å². The Bertz CT molecular complexity index is 757. The molecule has 0 atom stereocenters. The number of anilines is 2. The van der Waals surface area contributed by atoms with Crippen LogP contribution in [0.25, 0.3) is 10.2 Å². The minimum atomic E-state index is 0.359. The van der Waals surface area contributed by atoms with Gasteiger partial charge in [0.1, 0.15) is 10.6 Å². The molecule has 3 rings (SSSR count). The Morgan fingerprint density at radius 3 is 2.35 bits per heavy atom. The molecule has 142 valence electrons. The van der Waals surface area contributed by atoms with Crippen LogP contribution >= 0.6 is 11.3 Å². The van der Waals surface area contributed by atoms with E-state index in [0.29, 0.717) is 12.1 Å². The van der Waals surface area contributed by atoms with Crippen molar-refractivity contribution >= 4 is 39.7 Å². The molecule has 0 radical (unpaired) electrons. The van der Waals surface area contributed by atoms with Gasteiger partial charge in [0.05, 0.1) is 5.39 Å². The molecule has 1 fully saturated rings. The summed E-state index contributed by atoms with van der Waals surface area (Å²) in [5.41, 5.74) is 1.32. The molecule has 1 aliphatic heterocycles. The molecule has 3 heterocycles. The number of rotatable bonds is 6. The van der Waals surface area contributed by atoms with Gasteiger partial charge in [-0.2, -0.15) is 4.98 Å².